The van der Waals surface area contributed by atoms with E-state index in [4.69, 9.17) is 15.0 Å². The number of carbonyl (C=O) groups is 1. The summed E-state index contributed by atoms with van der Waals surface area (Å²) in [4.78, 5) is 14.0. The van der Waals surface area contributed by atoms with Gasteiger partial charge in [-0.05, 0) is 82.6 Å². The van der Waals surface area contributed by atoms with Crippen LogP contribution in [0.5, 0.6) is 0 Å². The first-order valence-electron chi connectivity index (χ1n) is 11.5. The summed E-state index contributed by atoms with van der Waals surface area (Å²) in [6, 6.07) is 0. The van der Waals surface area contributed by atoms with E-state index in [1.54, 1.807) is 0 Å². The van der Waals surface area contributed by atoms with Gasteiger partial charge in [0.2, 0.25) is 0 Å². The van der Waals surface area contributed by atoms with Crippen LogP contribution in [-0.4, -0.2) is 61.0 Å². The molecule has 1 heterocycles. The summed E-state index contributed by atoms with van der Waals surface area (Å²) in [7, 11) is 3.81. The lowest BCUT2D eigenvalue weighted by molar-refractivity contribution is -0.199. The Bertz CT molecular complexity index is 669. The molecule has 5 aliphatic rings. The normalized spacial score (nSPS) is 42.8. The molecule has 4 aliphatic carbocycles. The highest BCUT2D eigenvalue weighted by molar-refractivity contribution is 6.45. The van der Waals surface area contributed by atoms with Crippen LogP contribution in [0.1, 0.15) is 59.3 Å². The van der Waals surface area contributed by atoms with E-state index in [-0.39, 0.29) is 49.6 Å². The molecule has 0 spiro atoms. The maximum Gasteiger partial charge on any atom is 0.457 e. The van der Waals surface area contributed by atoms with Gasteiger partial charge in [0.25, 0.3) is 0 Å². The average molecular weight is 479 g/mol. The van der Waals surface area contributed by atoms with E-state index >= 15 is 0 Å². The minimum absolute atomic E-state index is 0. The first-order chi connectivity index (χ1) is 13.5. The largest absolute Gasteiger partial charge is 0.480 e. The van der Waals surface area contributed by atoms with Gasteiger partial charge in [0.05, 0.1) is 11.7 Å². The standard InChI is InChI=1S/C22H39BN2O4.2ClH/c1-20(2)16-10-17(20)21(3)18(11-16)28-23(29-21)9-8-14-6-7-15(13-25(4)5)22(24,12-14)19(26)27;;/h14-18H,6-13,24H2,1-5H3,(H,26,27);2*1H/t14-,15-,16+,17+,18-,21+,22+;;/m0../s1. The maximum absolute atomic E-state index is 12.0. The summed E-state index contributed by atoms with van der Waals surface area (Å²) in [6.07, 6.45) is 6.80. The molecule has 2 bridgehead atoms. The van der Waals surface area contributed by atoms with E-state index in [1.807, 2.05) is 19.0 Å². The molecular formula is C22H41BCl2N2O4. The molecule has 31 heavy (non-hydrogen) atoms. The zero-order chi connectivity index (χ0) is 21.2. The highest BCUT2D eigenvalue weighted by Gasteiger charge is 2.67. The van der Waals surface area contributed by atoms with Crippen molar-refractivity contribution in [3.63, 3.8) is 0 Å². The molecule has 5 rings (SSSR count). The van der Waals surface area contributed by atoms with E-state index in [0.29, 0.717) is 23.7 Å². The van der Waals surface area contributed by atoms with Crippen molar-refractivity contribution >= 4 is 37.9 Å². The molecule has 4 saturated carbocycles. The summed E-state index contributed by atoms with van der Waals surface area (Å²) >= 11 is 0. The Labute approximate surface area is 200 Å². The van der Waals surface area contributed by atoms with Gasteiger partial charge in [-0.3, -0.25) is 4.79 Å². The van der Waals surface area contributed by atoms with Crippen molar-refractivity contribution in [2.75, 3.05) is 20.6 Å². The van der Waals surface area contributed by atoms with Crippen LogP contribution in [0.15, 0.2) is 0 Å². The van der Waals surface area contributed by atoms with E-state index in [0.717, 1.165) is 44.5 Å². The minimum Gasteiger partial charge on any atom is -0.480 e. The first kappa shape index (κ1) is 27.2. The molecule has 0 aromatic rings. The van der Waals surface area contributed by atoms with Crippen molar-refractivity contribution < 1.29 is 19.2 Å². The van der Waals surface area contributed by atoms with Crippen LogP contribution in [0.3, 0.4) is 0 Å². The number of nitrogens with zero attached hydrogens (tertiary/aromatic N) is 1. The van der Waals surface area contributed by atoms with Gasteiger partial charge in [0.1, 0.15) is 5.54 Å². The van der Waals surface area contributed by atoms with Crippen molar-refractivity contribution in [1.82, 2.24) is 4.90 Å². The minimum atomic E-state index is -1.13. The number of aliphatic carboxylic acids is 1. The second-order valence-corrected chi connectivity index (χ2v) is 11.4. The third-order valence-corrected chi connectivity index (χ3v) is 9.07. The molecule has 180 valence electrons. The van der Waals surface area contributed by atoms with Crippen LogP contribution in [-0.2, 0) is 14.1 Å². The topological polar surface area (TPSA) is 85.0 Å². The molecule has 0 aromatic carbocycles. The molecule has 7 atom stereocenters. The number of hydrogen-bond donors (Lipinski definition) is 2. The lowest BCUT2D eigenvalue weighted by atomic mass is 9.43. The Kier molecular flexibility index (Phi) is 8.16. The summed E-state index contributed by atoms with van der Waals surface area (Å²) in [6.45, 7) is 7.73. The van der Waals surface area contributed by atoms with E-state index in [1.165, 1.54) is 6.42 Å². The SMILES string of the molecule is CN(C)C[C@@H]1CC[C@@H](CCB2O[C@H]3C[C@H]4C[C@H](C4(C)C)[C@@]3(C)O2)C[C@]1(N)C(=O)O.Cl.Cl. The van der Waals surface area contributed by atoms with E-state index < -0.39 is 11.5 Å². The zero-order valence-corrected chi connectivity index (χ0v) is 21.3. The quantitative estimate of drug-likeness (QED) is 0.566. The smallest absolute Gasteiger partial charge is 0.457 e. The van der Waals surface area contributed by atoms with Crippen molar-refractivity contribution in [3.8, 4) is 0 Å². The summed E-state index contributed by atoms with van der Waals surface area (Å²) in [5.41, 5.74) is 5.52. The first-order valence-corrected chi connectivity index (χ1v) is 11.5. The summed E-state index contributed by atoms with van der Waals surface area (Å²) < 4.78 is 12.9. The maximum atomic E-state index is 12.0. The van der Waals surface area contributed by atoms with Crippen LogP contribution in [0.4, 0.5) is 0 Å². The second-order valence-electron chi connectivity index (χ2n) is 11.4. The number of carboxylic acids is 1. The predicted molar refractivity (Wildman–Crippen MR) is 128 cm³/mol. The third-order valence-electron chi connectivity index (χ3n) is 9.07. The molecule has 0 aromatic heterocycles. The lowest BCUT2D eigenvalue weighted by Gasteiger charge is -2.64. The van der Waals surface area contributed by atoms with Crippen LogP contribution in [0.25, 0.3) is 0 Å². The van der Waals surface area contributed by atoms with Crippen molar-refractivity contribution in [2.45, 2.75) is 82.9 Å². The molecule has 1 aliphatic heterocycles. The summed E-state index contributed by atoms with van der Waals surface area (Å²) in [5.74, 6) is 0.800. The van der Waals surface area contributed by atoms with Crippen LogP contribution in [0.2, 0.25) is 6.32 Å². The molecule has 0 radical (unpaired) electrons. The van der Waals surface area contributed by atoms with E-state index in [2.05, 4.69) is 20.8 Å². The van der Waals surface area contributed by atoms with Gasteiger partial charge in [-0.1, -0.05) is 20.3 Å². The fourth-order valence-corrected chi connectivity index (χ4v) is 7.09. The molecule has 5 fully saturated rings. The van der Waals surface area contributed by atoms with Crippen LogP contribution < -0.4 is 5.73 Å². The van der Waals surface area contributed by atoms with Gasteiger partial charge in [-0.2, -0.15) is 0 Å². The zero-order valence-electron chi connectivity index (χ0n) is 19.6. The highest BCUT2D eigenvalue weighted by Crippen LogP contribution is 2.65. The van der Waals surface area contributed by atoms with Crippen LogP contribution >= 0.6 is 24.8 Å². The summed E-state index contributed by atoms with van der Waals surface area (Å²) in [5, 5.41) is 9.84. The van der Waals surface area contributed by atoms with Gasteiger partial charge in [-0.15, -0.1) is 24.8 Å². The van der Waals surface area contributed by atoms with Gasteiger partial charge >= 0.3 is 13.1 Å². The van der Waals surface area contributed by atoms with Crippen LogP contribution in [0, 0.1) is 29.1 Å². The second kappa shape index (κ2) is 9.30. The highest BCUT2D eigenvalue weighted by atomic mass is 35.5. The number of rotatable bonds is 6. The van der Waals surface area contributed by atoms with Crippen molar-refractivity contribution in [2.24, 2.45) is 34.8 Å². The van der Waals surface area contributed by atoms with Crippen molar-refractivity contribution in [3.05, 3.63) is 0 Å². The molecule has 9 heteroatoms. The number of carboxylic acid groups (broad SMARTS) is 1. The average Bonchev–Trinajstić information content (AvgIpc) is 2.97. The Balaban J connectivity index is 0.00000171. The molecule has 6 nitrogen and oxygen atoms in total. The molecule has 3 N–H and O–H groups in total. The molecule has 0 unspecified atom stereocenters. The van der Waals surface area contributed by atoms with Crippen molar-refractivity contribution in [1.29, 1.82) is 0 Å². The van der Waals surface area contributed by atoms with Gasteiger partial charge in [-0.25, -0.2) is 0 Å². The predicted octanol–water partition coefficient (Wildman–Crippen LogP) is 3.71. The molecule has 0 amide bonds. The third kappa shape index (κ3) is 4.52. The lowest BCUT2D eigenvalue weighted by Crippen LogP contribution is -2.65. The Morgan fingerprint density at radius 2 is 1.87 bits per heavy atom. The van der Waals surface area contributed by atoms with Gasteiger partial charge < -0.3 is 25.0 Å². The number of halogens is 2. The molecular weight excluding hydrogens is 438 g/mol. The molecule has 1 saturated heterocycles. The Hall–Kier alpha value is -0.0451. The number of nitrogens with two attached hydrogens (primary N) is 1. The fourth-order valence-electron chi connectivity index (χ4n) is 7.09. The Morgan fingerprint density at radius 1 is 1.19 bits per heavy atom. The van der Waals surface area contributed by atoms with Gasteiger partial charge in [0.15, 0.2) is 0 Å². The number of hydrogen-bond acceptors (Lipinski definition) is 5. The van der Waals surface area contributed by atoms with Gasteiger partial charge in [0, 0.05) is 12.5 Å². The Morgan fingerprint density at radius 3 is 2.45 bits per heavy atom. The fraction of sp³-hybridized carbons (Fsp3) is 0.955. The monoisotopic (exact) mass is 478 g/mol. The van der Waals surface area contributed by atoms with E-state index in [9.17, 15) is 9.90 Å².